The molecular formula is C14H16BrN3O. The van der Waals surface area contributed by atoms with Crippen LogP contribution in [0.1, 0.15) is 25.6 Å². The fraction of sp³-hybridized carbons (Fsp3) is 0.286. The predicted octanol–water partition coefficient (Wildman–Crippen LogP) is 4.20. The lowest BCUT2D eigenvalue weighted by atomic mass is 10.2. The van der Waals surface area contributed by atoms with E-state index in [9.17, 15) is 0 Å². The van der Waals surface area contributed by atoms with Crippen LogP contribution in [0.4, 0.5) is 5.82 Å². The summed E-state index contributed by atoms with van der Waals surface area (Å²) in [7, 11) is 1.83. The average Bonchev–Trinajstić information content (AvgIpc) is 2.41. The molecular weight excluding hydrogens is 306 g/mol. The summed E-state index contributed by atoms with van der Waals surface area (Å²) in [6.45, 7) is 4.11. The summed E-state index contributed by atoms with van der Waals surface area (Å²) in [6, 6.07) is 9.42. The number of hydrogen-bond acceptors (Lipinski definition) is 4. The molecule has 1 N–H and O–H groups in total. The van der Waals surface area contributed by atoms with Crippen LogP contribution in [-0.2, 0) is 0 Å². The van der Waals surface area contributed by atoms with Gasteiger partial charge < -0.3 is 10.1 Å². The predicted molar refractivity (Wildman–Crippen MR) is 79.9 cm³/mol. The number of halogens is 1. The van der Waals surface area contributed by atoms with Gasteiger partial charge in [0.05, 0.1) is 0 Å². The first kappa shape index (κ1) is 13.8. The second-order valence-corrected chi connectivity index (χ2v) is 5.33. The summed E-state index contributed by atoms with van der Waals surface area (Å²) in [5, 5.41) is 3.02. The van der Waals surface area contributed by atoms with Gasteiger partial charge in [-0.1, -0.05) is 29.8 Å². The Kier molecular flexibility index (Phi) is 4.37. The quantitative estimate of drug-likeness (QED) is 0.916. The van der Waals surface area contributed by atoms with Gasteiger partial charge in [-0.2, -0.15) is 4.98 Å². The van der Waals surface area contributed by atoms with Crippen LogP contribution in [0.2, 0.25) is 0 Å². The van der Waals surface area contributed by atoms with Gasteiger partial charge in [0.15, 0.2) is 0 Å². The summed E-state index contributed by atoms with van der Waals surface area (Å²) >= 11 is 3.39. The molecule has 19 heavy (non-hydrogen) atoms. The van der Waals surface area contributed by atoms with Gasteiger partial charge in [-0.15, -0.1) is 0 Å². The smallest absolute Gasteiger partial charge is 0.224 e. The topological polar surface area (TPSA) is 47.0 Å². The van der Waals surface area contributed by atoms with Gasteiger partial charge in [-0.3, -0.25) is 0 Å². The van der Waals surface area contributed by atoms with Crippen LogP contribution in [0.25, 0.3) is 0 Å². The Morgan fingerprint density at radius 1 is 1.16 bits per heavy atom. The minimum Gasteiger partial charge on any atom is -0.439 e. The zero-order valence-corrected chi connectivity index (χ0v) is 12.7. The fourth-order valence-corrected chi connectivity index (χ4v) is 1.77. The number of nitrogens with zero attached hydrogens (tertiary/aromatic N) is 2. The van der Waals surface area contributed by atoms with Gasteiger partial charge >= 0.3 is 0 Å². The van der Waals surface area contributed by atoms with E-state index in [0.29, 0.717) is 5.88 Å². The molecule has 0 fully saturated rings. The van der Waals surface area contributed by atoms with Crippen molar-refractivity contribution in [3.8, 4) is 11.6 Å². The SMILES string of the molecule is CNc1cc(Oc2ccc(Br)cc2)nc(C(C)C)n1. The van der Waals surface area contributed by atoms with Gasteiger partial charge in [0.25, 0.3) is 0 Å². The minimum atomic E-state index is 0.251. The van der Waals surface area contributed by atoms with E-state index in [4.69, 9.17) is 4.74 Å². The summed E-state index contributed by atoms with van der Waals surface area (Å²) in [5.74, 6) is 3.06. The molecule has 0 atom stereocenters. The molecule has 0 saturated carbocycles. The Morgan fingerprint density at radius 2 is 1.84 bits per heavy atom. The Labute approximate surface area is 121 Å². The highest BCUT2D eigenvalue weighted by Gasteiger charge is 2.09. The maximum atomic E-state index is 5.75. The normalized spacial score (nSPS) is 10.6. The molecule has 2 rings (SSSR count). The largest absolute Gasteiger partial charge is 0.439 e. The van der Waals surface area contributed by atoms with Gasteiger partial charge in [0.1, 0.15) is 17.4 Å². The monoisotopic (exact) mass is 321 g/mol. The lowest BCUT2D eigenvalue weighted by Gasteiger charge is -2.10. The molecule has 2 aromatic rings. The van der Waals surface area contributed by atoms with Crippen molar-refractivity contribution in [2.75, 3.05) is 12.4 Å². The molecule has 100 valence electrons. The first-order valence-corrected chi connectivity index (χ1v) is 6.88. The van der Waals surface area contributed by atoms with Crippen molar-refractivity contribution in [1.29, 1.82) is 0 Å². The van der Waals surface area contributed by atoms with Crippen molar-refractivity contribution in [2.24, 2.45) is 0 Å². The molecule has 5 heteroatoms. The Morgan fingerprint density at radius 3 is 2.42 bits per heavy atom. The van der Waals surface area contributed by atoms with Crippen molar-refractivity contribution in [3.05, 3.63) is 40.6 Å². The molecule has 4 nitrogen and oxygen atoms in total. The fourth-order valence-electron chi connectivity index (χ4n) is 1.50. The molecule has 0 radical (unpaired) electrons. The van der Waals surface area contributed by atoms with E-state index in [0.717, 1.165) is 21.9 Å². The van der Waals surface area contributed by atoms with E-state index in [1.165, 1.54) is 0 Å². The lowest BCUT2D eigenvalue weighted by molar-refractivity contribution is 0.457. The third-order valence-corrected chi connectivity index (χ3v) is 3.06. The van der Waals surface area contributed by atoms with E-state index in [2.05, 4.69) is 45.1 Å². The van der Waals surface area contributed by atoms with Gasteiger partial charge in [0.2, 0.25) is 5.88 Å². The zero-order chi connectivity index (χ0) is 13.8. The Hall–Kier alpha value is -1.62. The van der Waals surface area contributed by atoms with Gasteiger partial charge in [-0.05, 0) is 24.3 Å². The number of aromatic nitrogens is 2. The van der Waals surface area contributed by atoms with Crippen molar-refractivity contribution >= 4 is 21.7 Å². The highest BCUT2D eigenvalue weighted by Crippen LogP contribution is 2.24. The maximum Gasteiger partial charge on any atom is 0.224 e. The van der Waals surface area contributed by atoms with Crippen molar-refractivity contribution < 1.29 is 4.74 Å². The summed E-state index contributed by atoms with van der Waals surface area (Å²) in [4.78, 5) is 8.81. The second-order valence-electron chi connectivity index (χ2n) is 4.41. The summed E-state index contributed by atoms with van der Waals surface area (Å²) < 4.78 is 6.77. The molecule has 0 unspecified atom stereocenters. The minimum absolute atomic E-state index is 0.251. The molecule has 0 amide bonds. The van der Waals surface area contributed by atoms with E-state index in [-0.39, 0.29) is 5.92 Å². The molecule has 1 aromatic heterocycles. The number of benzene rings is 1. The Bertz CT molecular complexity index is 555. The highest BCUT2D eigenvalue weighted by atomic mass is 79.9. The summed E-state index contributed by atoms with van der Waals surface area (Å²) in [5.41, 5.74) is 0. The number of anilines is 1. The van der Waals surface area contributed by atoms with Crippen LogP contribution >= 0.6 is 15.9 Å². The molecule has 0 aliphatic carbocycles. The first-order valence-electron chi connectivity index (χ1n) is 6.08. The highest BCUT2D eigenvalue weighted by molar-refractivity contribution is 9.10. The van der Waals surface area contributed by atoms with Crippen molar-refractivity contribution in [3.63, 3.8) is 0 Å². The van der Waals surface area contributed by atoms with Gasteiger partial charge in [0, 0.05) is 23.5 Å². The van der Waals surface area contributed by atoms with Crippen LogP contribution in [0.5, 0.6) is 11.6 Å². The number of hydrogen-bond donors (Lipinski definition) is 1. The second kappa shape index (κ2) is 6.02. The molecule has 0 spiro atoms. The van der Waals surface area contributed by atoms with E-state index in [1.807, 2.05) is 31.3 Å². The molecule has 0 aliphatic heterocycles. The molecule has 0 aliphatic rings. The van der Waals surface area contributed by atoms with Crippen molar-refractivity contribution in [1.82, 2.24) is 9.97 Å². The van der Waals surface area contributed by atoms with Crippen LogP contribution in [0, 0.1) is 0 Å². The number of rotatable bonds is 4. The molecule has 1 heterocycles. The number of ether oxygens (including phenoxy) is 1. The standard InChI is InChI=1S/C14H16BrN3O/c1-9(2)14-17-12(16-3)8-13(18-14)19-11-6-4-10(15)5-7-11/h4-9H,1-3H3,(H,16,17,18). The third-order valence-electron chi connectivity index (χ3n) is 2.53. The molecule has 0 saturated heterocycles. The van der Waals surface area contributed by atoms with Crippen molar-refractivity contribution in [2.45, 2.75) is 19.8 Å². The summed E-state index contributed by atoms with van der Waals surface area (Å²) in [6.07, 6.45) is 0. The molecule has 1 aromatic carbocycles. The number of nitrogens with one attached hydrogen (secondary N) is 1. The van der Waals surface area contributed by atoms with Crippen LogP contribution in [0.15, 0.2) is 34.8 Å². The van der Waals surface area contributed by atoms with Gasteiger partial charge in [-0.25, -0.2) is 4.98 Å². The van der Waals surface area contributed by atoms with Crippen LogP contribution in [-0.4, -0.2) is 17.0 Å². The van der Waals surface area contributed by atoms with E-state index >= 15 is 0 Å². The average molecular weight is 322 g/mol. The molecule has 0 bridgehead atoms. The first-order chi connectivity index (χ1) is 9.08. The lowest BCUT2D eigenvalue weighted by Crippen LogP contribution is -2.03. The van der Waals surface area contributed by atoms with Crippen LogP contribution < -0.4 is 10.1 Å². The Balaban J connectivity index is 2.28. The van der Waals surface area contributed by atoms with Crippen LogP contribution in [0.3, 0.4) is 0 Å². The van der Waals surface area contributed by atoms with E-state index in [1.54, 1.807) is 6.07 Å². The zero-order valence-electron chi connectivity index (χ0n) is 11.1. The maximum absolute atomic E-state index is 5.75. The third kappa shape index (κ3) is 3.67. The van der Waals surface area contributed by atoms with E-state index < -0.39 is 0 Å².